The Kier molecular flexibility index (Phi) is 11.4. The van der Waals surface area contributed by atoms with E-state index in [0.717, 1.165) is 74.4 Å². The molecule has 1 saturated heterocycles. The van der Waals surface area contributed by atoms with Gasteiger partial charge in [-0.25, -0.2) is 8.42 Å². The number of primary amides is 1. The number of thiol groups is 1. The van der Waals surface area contributed by atoms with Gasteiger partial charge in [-0.1, -0.05) is 43.1 Å². The van der Waals surface area contributed by atoms with Crippen molar-refractivity contribution in [2.24, 2.45) is 29.4 Å². The maximum Gasteiger partial charge on any atom is 0.261 e. The molecule has 5 aliphatic rings. The SMILES string of the molecule is C[C@H]([C@@H](C)CCC[C@H]([C@H]1OC[C@H](N2C(=O)c3ccccc3C2=O)CO1)[C@@H]1CC[C@H]1CN1C[C@@]2(CCCc3cc(Cl)ccc32)COc2ccc(C(N)=O)cc21)[SH](=O)=O. The maximum atomic E-state index is 13.3. The Bertz CT molecular complexity index is 2080. The molecule has 1 saturated carbocycles. The highest BCUT2D eigenvalue weighted by atomic mass is 35.5. The number of nitrogens with zero attached hydrogens (tertiary/aromatic N) is 2. The molecule has 8 rings (SSSR count). The molecule has 0 aromatic heterocycles. The lowest BCUT2D eigenvalue weighted by atomic mass is 9.64. The van der Waals surface area contributed by atoms with Crippen LogP contribution < -0.4 is 15.4 Å². The van der Waals surface area contributed by atoms with Crippen molar-refractivity contribution in [3.63, 3.8) is 0 Å². The van der Waals surface area contributed by atoms with Gasteiger partial charge in [0.15, 0.2) is 6.29 Å². The van der Waals surface area contributed by atoms with Crippen molar-refractivity contribution in [2.45, 2.75) is 88.2 Å². The summed E-state index contributed by atoms with van der Waals surface area (Å²) >= 11 is 6.48. The molecule has 2 aliphatic carbocycles. The third kappa shape index (κ3) is 7.70. The van der Waals surface area contributed by atoms with Crippen molar-refractivity contribution in [1.82, 2.24) is 4.90 Å². The molecule has 3 aromatic rings. The van der Waals surface area contributed by atoms with Crippen molar-refractivity contribution in [3.05, 3.63) is 93.5 Å². The van der Waals surface area contributed by atoms with E-state index < -0.39 is 34.2 Å². The van der Waals surface area contributed by atoms with Gasteiger partial charge in [0, 0.05) is 35.0 Å². The van der Waals surface area contributed by atoms with E-state index >= 15 is 0 Å². The number of rotatable bonds is 12. The Morgan fingerprint density at radius 1 is 0.982 bits per heavy atom. The van der Waals surface area contributed by atoms with E-state index in [-0.39, 0.29) is 54.1 Å². The Hall–Kier alpha value is -3.97. The van der Waals surface area contributed by atoms with Gasteiger partial charge in [0.05, 0.1) is 47.9 Å². The van der Waals surface area contributed by atoms with Crippen LogP contribution in [0.1, 0.15) is 101 Å². The van der Waals surface area contributed by atoms with Crippen LogP contribution in [0.3, 0.4) is 0 Å². The first-order chi connectivity index (χ1) is 27.4. The number of imide groups is 1. The van der Waals surface area contributed by atoms with Crippen molar-refractivity contribution in [2.75, 3.05) is 37.8 Å². The van der Waals surface area contributed by atoms with Crippen LogP contribution in [0.25, 0.3) is 0 Å². The van der Waals surface area contributed by atoms with E-state index in [2.05, 4.69) is 17.0 Å². The largest absolute Gasteiger partial charge is 0.490 e. The summed E-state index contributed by atoms with van der Waals surface area (Å²) in [5.41, 5.74) is 10.1. The van der Waals surface area contributed by atoms with Crippen LogP contribution in [-0.4, -0.2) is 81.5 Å². The van der Waals surface area contributed by atoms with E-state index in [1.165, 1.54) is 16.0 Å². The second-order valence-corrected chi connectivity index (χ2v) is 18.8. The summed E-state index contributed by atoms with van der Waals surface area (Å²) in [6.07, 6.45) is 6.68. The van der Waals surface area contributed by atoms with Gasteiger partial charge in [-0.15, -0.1) is 0 Å². The standard InChI is InChI=1S/C44H52ClN3O8S/c1-26(27(2)57(52)53)7-5-11-36(43-54-22-32(23-55-43)48-41(50)34-9-3-4-10-35(34)42(48)51)33-15-12-30(33)21-47-24-44(18-6-8-28-19-31(45)14-16-37(28)44)25-56-39-17-13-29(40(46)49)20-38(39)47/h3-4,9-10,13-14,16-17,19-20,26-27,30,32-33,36,43,57H,5-8,11-12,15,18,21-25H2,1-2H3,(H2,46,49)/t26-,27+,30-,32-,33+,36-,43-,44-/m0/s1. The van der Waals surface area contributed by atoms with E-state index in [4.69, 9.17) is 31.5 Å². The van der Waals surface area contributed by atoms with Crippen molar-refractivity contribution < 1.29 is 37.0 Å². The van der Waals surface area contributed by atoms with Gasteiger partial charge in [0.1, 0.15) is 16.5 Å². The molecule has 57 heavy (non-hydrogen) atoms. The van der Waals surface area contributed by atoms with E-state index in [1.807, 2.05) is 25.1 Å². The fourth-order valence-corrected chi connectivity index (χ4v) is 10.8. The number of fused-ring (bicyclic) bond motifs is 4. The highest BCUT2D eigenvalue weighted by Gasteiger charge is 2.48. The van der Waals surface area contributed by atoms with Crippen LogP contribution in [0.5, 0.6) is 5.75 Å². The summed E-state index contributed by atoms with van der Waals surface area (Å²) in [6.45, 7) is 6.02. The van der Waals surface area contributed by atoms with Crippen LogP contribution in [0, 0.1) is 23.7 Å². The third-order valence-electron chi connectivity index (χ3n) is 13.6. The number of hydrogen-bond donors (Lipinski definition) is 2. The van der Waals surface area contributed by atoms with Crippen molar-refractivity contribution >= 4 is 45.7 Å². The summed E-state index contributed by atoms with van der Waals surface area (Å²) in [5, 5.41) is 0.309. The topological polar surface area (TPSA) is 146 Å². The number of nitrogens with two attached hydrogens (primary N) is 1. The Morgan fingerprint density at radius 3 is 2.39 bits per heavy atom. The van der Waals surface area contributed by atoms with Gasteiger partial charge >= 0.3 is 0 Å². The van der Waals surface area contributed by atoms with Crippen molar-refractivity contribution in [1.29, 1.82) is 0 Å². The number of halogens is 1. The van der Waals surface area contributed by atoms with Gasteiger partial charge < -0.3 is 24.8 Å². The minimum absolute atomic E-state index is 0.00144. The minimum atomic E-state index is -2.52. The number of aryl methyl sites for hydroxylation is 1. The molecule has 1 spiro atoms. The van der Waals surface area contributed by atoms with Gasteiger partial charge in [0.25, 0.3) is 11.8 Å². The first-order valence-electron chi connectivity index (χ1n) is 20.4. The van der Waals surface area contributed by atoms with Gasteiger partial charge in [0.2, 0.25) is 5.91 Å². The average Bonchev–Trinajstić information content (AvgIpc) is 3.35. The number of amides is 3. The molecule has 3 heterocycles. The fraction of sp³-hybridized carbons (Fsp3) is 0.523. The number of carbonyl (C=O) groups excluding carboxylic acids is 3. The minimum Gasteiger partial charge on any atom is -0.490 e. The number of benzene rings is 3. The zero-order valence-electron chi connectivity index (χ0n) is 32.6. The zero-order chi connectivity index (χ0) is 40.0. The fourth-order valence-electron chi connectivity index (χ4n) is 10.1. The Labute approximate surface area is 341 Å². The predicted molar refractivity (Wildman–Crippen MR) is 218 cm³/mol. The van der Waals surface area contributed by atoms with Crippen LogP contribution in [-0.2, 0) is 32.0 Å². The molecule has 3 aromatic carbocycles. The van der Waals surface area contributed by atoms with E-state index in [1.54, 1.807) is 37.3 Å². The van der Waals surface area contributed by atoms with Gasteiger partial charge in [-0.2, -0.15) is 0 Å². The molecule has 13 heteroatoms. The molecular formula is C44H52ClN3O8S. The molecule has 2 fully saturated rings. The highest BCUT2D eigenvalue weighted by molar-refractivity contribution is 7.73. The summed E-state index contributed by atoms with van der Waals surface area (Å²) in [7, 11) is -2.52. The van der Waals surface area contributed by atoms with Crippen LogP contribution in [0.2, 0.25) is 5.02 Å². The number of ether oxygens (including phenoxy) is 3. The first-order valence-corrected chi connectivity index (χ1v) is 22.0. The lowest BCUT2D eigenvalue weighted by Crippen LogP contribution is -2.53. The van der Waals surface area contributed by atoms with E-state index in [9.17, 15) is 22.8 Å². The lowest BCUT2D eigenvalue weighted by molar-refractivity contribution is -0.237. The highest BCUT2D eigenvalue weighted by Crippen LogP contribution is 2.49. The summed E-state index contributed by atoms with van der Waals surface area (Å²) < 4.78 is 43.2. The van der Waals surface area contributed by atoms with E-state index in [0.29, 0.717) is 29.8 Å². The molecule has 2 N–H and O–H groups in total. The second-order valence-electron chi connectivity index (χ2n) is 17.0. The molecule has 0 unspecified atom stereocenters. The summed E-state index contributed by atoms with van der Waals surface area (Å²) in [4.78, 5) is 42.7. The smallest absolute Gasteiger partial charge is 0.261 e. The molecular weight excluding hydrogens is 766 g/mol. The normalized spacial score (nSPS) is 27.2. The zero-order valence-corrected chi connectivity index (χ0v) is 34.2. The van der Waals surface area contributed by atoms with Crippen LogP contribution in [0.15, 0.2) is 60.7 Å². The van der Waals surface area contributed by atoms with Gasteiger partial charge in [-0.3, -0.25) is 19.3 Å². The van der Waals surface area contributed by atoms with Gasteiger partial charge in [-0.05, 0) is 123 Å². The third-order valence-corrected chi connectivity index (χ3v) is 15.0. The lowest BCUT2D eigenvalue weighted by Gasteiger charge is -2.49. The summed E-state index contributed by atoms with van der Waals surface area (Å²) in [6, 6.07) is 18.0. The van der Waals surface area contributed by atoms with Crippen LogP contribution in [0.4, 0.5) is 5.69 Å². The number of hydrogen-bond acceptors (Lipinski definition) is 9. The van der Waals surface area contributed by atoms with Crippen molar-refractivity contribution in [3.8, 4) is 5.75 Å². The maximum absolute atomic E-state index is 13.3. The molecule has 11 nitrogen and oxygen atoms in total. The molecule has 3 aliphatic heterocycles. The second kappa shape index (κ2) is 16.4. The first kappa shape index (κ1) is 39.8. The molecule has 0 bridgehead atoms. The average molecular weight is 818 g/mol. The Morgan fingerprint density at radius 2 is 1.72 bits per heavy atom. The Balaban J connectivity index is 1.05. The quantitative estimate of drug-likeness (QED) is 0.157. The number of carbonyl (C=O) groups is 3. The van der Waals surface area contributed by atoms with Crippen LogP contribution >= 0.6 is 11.6 Å². The molecule has 304 valence electrons. The molecule has 0 radical (unpaired) electrons. The number of anilines is 1. The predicted octanol–water partition coefficient (Wildman–Crippen LogP) is 6.40. The summed E-state index contributed by atoms with van der Waals surface area (Å²) in [5.74, 6) is 0.0748. The molecule has 3 amide bonds. The molecule has 6 atom stereocenters. The monoisotopic (exact) mass is 817 g/mol.